The van der Waals surface area contributed by atoms with E-state index in [2.05, 4.69) is 133 Å². The fourth-order valence-corrected chi connectivity index (χ4v) is 4.79. The minimum absolute atomic E-state index is 0.00918. The van der Waals surface area contributed by atoms with E-state index in [1.807, 2.05) is 0 Å². The van der Waals surface area contributed by atoms with E-state index >= 15 is 0 Å². The zero-order valence-electron chi connectivity index (χ0n) is 20.8. The SMILES string of the molecule is CCN(CCCCCOC(c1ccccc1)c1ccccc1)C(c1ccccc1)c1ccccc1. The van der Waals surface area contributed by atoms with Crippen molar-refractivity contribution in [2.45, 2.75) is 38.3 Å². The van der Waals surface area contributed by atoms with E-state index in [0.29, 0.717) is 6.04 Å². The van der Waals surface area contributed by atoms with Crippen molar-refractivity contribution in [3.8, 4) is 0 Å². The summed E-state index contributed by atoms with van der Waals surface area (Å²) >= 11 is 0. The molecule has 35 heavy (non-hydrogen) atoms. The molecule has 0 bridgehead atoms. The normalized spacial score (nSPS) is 11.4. The van der Waals surface area contributed by atoms with E-state index in [1.165, 1.54) is 22.3 Å². The molecule has 0 amide bonds. The van der Waals surface area contributed by atoms with Crippen molar-refractivity contribution >= 4 is 0 Å². The molecule has 0 fully saturated rings. The van der Waals surface area contributed by atoms with Gasteiger partial charge in [0.2, 0.25) is 0 Å². The van der Waals surface area contributed by atoms with Gasteiger partial charge in [0, 0.05) is 6.61 Å². The lowest BCUT2D eigenvalue weighted by atomic mass is 9.96. The topological polar surface area (TPSA) is 12.5 Å². The Kier molecular flexibility index (Phi) is 9.70. The molecule has 0 atom stereocenters. The molecule has 0 aliphatic rings. The summed E-state index contributed by atoms with van der Waals surface area (Å²) in [6.45, 7) is 5.13. The molecule has 0 unspecified atom stereocenters. The molecule has 4 aromatic rings. The van der Waals surface area contributed by atoms with Gasteiger partial charge in [0.05, 0.1) is 6.04 Å². The van der Waals surface area contributed by atoms with E-state index in [0.717, 1.165) is 39.0 Å². The molecule has 0 spiro atoms. The van der Waals surface area contributed by atoms with Crippen LogP contribution in [0, 0.1) is 0 Å². The molecule has 0 heterocycles. The highest BCUT2D eigenvalue weighted by atomic mass is 16.5. The highest BCUT2D eigenvalue weighted by Gasteiger charge is 2.20. The number of rotatable bonds is 13. The maximum atomic E-state index is 6.42. The highest BCUT2D eigenvalue weighted by Crippen LogP contribution is 2.29. The third kappa shape index (κ3) is 7.14. The zero-order chi connectivity index (χ0) is 24.1. The summed E-state index contributed by atoms with van der Waals surface area (Å²) < 4.78 is 6.42. The van der Waals surface area contributed by atoms with Gasteiger partial charge < -0.3 is 4.74 Å². The Morgan fingerprint density at radius 2 is 0.971 bits per heavy atom. The average molecular weight is 464 g/mol. The largest absolute Gasteiger partial charge is 0.369 e. The molecule has 2 heteroatoms. The number of hydrogen-bond donors (Lipinski definition) is 0. The summed E-state index contributed by atoms with van der Waals surface area (Å²) in [5.74, 6) is 0. The van der Waals surface area contributed by atoms with Crippen LogP contribution in [0.1, 0.15) is 60.6 Å². The van der Waals surface area contributed by atoms with Gasteiger partial charge in [-0.15, -0.1) is 0 Å². The van der Waals surface area contributed by atoms with Crippen molar-refractivity contribution < 1.29 is 4.74 Å². The summed E-state index contributed by atoms with van der Waals surface area (Å²) in [5, 5.41) is 0. The smallest absolute Gasteiger partial charge is 0.108 e. The molecule has 0 N–H and O–H groups in total. The van der Waals surface area contributed by atoms with Gasteiger partial charge in [-0.05, 0) is 54.6 Å². The Labute approximate surface area is 211 Å². The Bertz CT molecular complexity index is 1000. The molecular weight excluding hydrogens is 426 g/mol. The first-order valence-corrected chi connectivity index (χ1v) is 12.9. The molecule has 4 aromatic carbocycles. The van der Waals surface area contributed by atoms with E-state index < -0.39 is 0 Å². The Morgan fingerprint density at radius 1 is 0.543 bits per heavy atom. The van der Waals surface area contributed by atoms with E-state index in [4.69, 9.17) is 4.74 Å². The summed E-state index contributed by atoms with van der Waals surface area (Å²) in [5.41, 5.74) is 5.14. The van der Waals surface area contributed by atoms with Crippen LogP contribution in [0.4, 0.5) is 0 Å². The number of hydrogen-bond acceptors (Lipinski definition) is 2. The maximum absolute atomic E-state index is 6.42. The predicted octanol–water partition coefficient (Wildman–Crippen LogP) is 8.07. The lowest BCUT2D eigenvalue weighted by molar-refractivity contribution is 0.0762. The van der Waals surface area contributed by atoms with E-state index in [9.17, 15) is 0 Å². The third-order valence-electron chi connectivity index (χ3n) is 6.58. The van der Waals surface area contributed by atoms with Crippen LogP contribution < -0.4 is 0 Å². The number of unbranched alkanes of at least 4 members (excludes halogenated alkanes) is 2. The molecule has 0 aliphatic carbocycles. The second-order valence-electron chi connectivity index (χ2n) is 8.99. The van der Waals surface area contributed by atoms with Crippen molar-refractivity contribution in [1.29, 1.82) is 0 Å². The average Bonchev–Trinajstić information content (AvgIpc) is 2.94. The Hall–Kier alpha value is -3.20. The Balaban J connectivity index is 1.32. The van der Waals surface area contributed by atoms with Gasteiger partial charge in [0.25, 0.3) is 0 Å². The molecule has 0 saturated heterocycles. The Morgan fingerprint density at radius 3 is 1.40 bits per heavy atom. The summed E-state index contributed by atoms with van der Waals surface area (Å²) in [6.07, 6.45) is 3.37. The van der Waals surface area contributed by atoms with E-state index in [1.54, 1.807) is 0 Å². The second kappa shape index (κ2) is 13.6. The lowest BCUT2D eigenvalue weighted by Crippen LogP contribution is -2.30. The standard InChI is InChI=1S/C33H37NO/c1-2-34(32(28-18-8-3-9-19-28)29-20-10-4-11-21-29)26-16-7-17-27-35-33(30-22-12-5-13-23-30)31-24-14-6-15-25-31/h3-6,8-15,18-25,32-33H,2,7,16-17,26-27H2,1H3. The van der Waals surface area contributed by atoms with Gasteiger partial charge in [0.15, 0.2) is 0 Å². The first kappa shape index (κ1) is 24.9. The van der Waals surface area contributed by atoms with Crippen LogP contribution in [-0.2, 0) is 4.74 Å². The van der Waals surface area contributed by atoms with Gasteiger partial charge in [-0.25, -0.2) is 0 Å². The minimum Gasteiger partial charge on any atom is -0.369 e. The maximum Gasteiger partial charge on any atom is 0.108 e. The van der Waals surface area contributed by atoms with Gasteiger partial charge in [-0.2, -0.15) is 0 Å². The minimum atomic E-state index is -0.00918. The number of ether oxygens (including phenoxy) is 1. The second-order valence-corrected chi connectivity index (χ2v) is 8.99. The number of benzene rings is 4. The zero-order valence-corrected chi connectivity index (χ0v) is 20.8. The van der Waals surface area contributed by atoms with Crippen molar-refractivity contribution in [3.05, 3.63) is 144 Å². The van der Waals surface area contributed by atoms with Crippen LogP contribution in [0.3, 0.4) is 0 Å². The molecule has 2 nitrogen and oxygen atoms in total. The lowest BCUT2D eigenvalue weighted by Gasteiger charge is -2.31. The fourth-order valence-electron chi connectivity index (χ4n) is 4.79. The van der Waals surface area contributed by atoms with Gasteiger partial charge in [-0.3, -0.25) is 4.90 Å². The van der Waals surface area contributed by atoms with Crippen LogP contribution >= 0.6 is 0 Å². The number of nitrogens with zero attached hydrogens (tertiary/aromatic N) is 1. The molecule has 180 valence electrons. The molecule has 0 aromatic heterocycles. The van der Waals surface area contributed by atoms with Crippen LogP contribution in [0.25, 0.3) is 0 Å². The van der Waals surface area contributed by atoms with Gasteiger partial charge >= 0.3 is 0 Å². The summed E-state index contributed by atoms with van der Waals surface area (Å²) in [7, 11) is 0. The van der Waals surface area contributed by atoms with E-state index in [-0.39, 0.29) is 6.10 Å². The molecule has 4 rings (SSSR count). The first-order chi connectivity index (χ1) is 17.4. The predicted molar refractivity (Wildman–Crippen MR) is 147 cm³/mol. The summed E-state index contributed by atoms with van der Waals surface area (Å²) in [4.78, 5) is 2.60. The van der Waals surface area contributed by atoms with Crippen molar-refractivity contribution in [2.75, 3.05) is 19.7 Å². The monoisotopic (exact) mass is 463 g/mol. The van der Waals surface area contributed by atoms with Crippen LogP contribution in [0.2, 0.25) is 0 Å². The highest BCUT2D eigenvalue weighted by molar-refractivity contribution is 5.32. The van der Waals surface area contributed by atoms with Gasteiger partial charge in [0.1, 0.15) is 6.10 Å². The molecule has 0 saturated carbocycles. The third-order valence-corrected chi connectivity index (χ3v) is 6.58. The quantitative estimate of drug-likeness (QED) is 0.186. The van der Waals surface area contributed by atoms with Crippen molar-refractivity contribution in [2.24, 2.45) is 0 Å². The van der Waals surface area contributed by atoms with Gasteiger partial charge in [-0.1, -0.05) is 128 Å². The van der Waals surface area contributed by atoms with Crippen LogP contribution in [0.15, 0.2) is 121 Å². The van der Waals surface area contributed by atoms with Crippen molar-refractivity contribution in [1.82, 2.24) is 4.90 Å². The van der Waals surface area contributed by atoms with Crippen LogP contribution in [0.5, 0.6) is 0 Å². The molecular formula is C33H37NO. The first-order valence-electron chi connectivity index (χ1n) is 12.9. The fraction of sp³-hybridized carbons (Fsp3) is 0.273. The van der Waals surface area contributed by atoms with Crippen molar-refractivity contribution in [3.63, 3.8) is 0 Å². The molecule has 0 aliphatic heterocycles. The van der Waals surface area contributed by atoms with Crippen LogP contribution in [-0.4, -0.2) is 24.6 Å². The molecule has 0 radical (unpaired) electrons. The summed E-state index contributed by atoms with van der Waals surface area (Å²) in [6, 6.07) is 43.2.